The summed E-state index contributed by atoms with van der Waals surface area (Å²) in [5.41, 5.74) is 0. The average Bonchev–Trinajstić information content (AvgIpc) is 2.68. The summed E-state index contributed by atoms with van der Waals surface area (Å²) >= 11 is 0. The summed E-state index contributed by atoms with van der Waals surface area (Å²) < 4.78 is 12.2. The van der Waals surface area contributed by atoms with Crippen LogP contribution >= 0.6 is 0 Å². The summed E-state index contributed by atoms with van der Waals surface area (Å²) in [5.74, 6) is 0. The predicted octanol–water partition coefficient (Wildman–Crippen LogP) is 8.47. The predicted molar refractivity (Wildman–Crippen MR) is 121 cm³/mol. The molecule has 0 bridgehead atoms. The second-order valence-corrected chi connectivity index (χ2v) is 8.37. The third-order valence-corrected chi connectivity index (χ3v) is 5.53. The van der Waals surface area contributed by atoms with Gasteiger partial charge in [-0.15, -0.1) is 0 Å². The molecule has 0 aliphatic rings. The summed E-state index contributed by atoms with van der Waals surface area (Å²) in [6.45, 7) is 10.7. The van der Waals surface area contributed by atoms with Crippen LogP contribution < -0.4 is 0 Å². The quantitative estimate of drug-likeness (QED) is 0.174. The Labute approximate surface area is 172 Å². The number of unbranched alkanes of at least 4 members (excludes halogenated alkanes) is 13. The van der Waals surface area contributed by atoms with E-state index in [0.717, 1.165) is 26.1 Å². The summed E-state index contributed by atoms with van der Waals surface area (Å²) in [6, 6.07) is 0. The molecule has 164 valence electrons. The van der Waals surface area contributed by atoms with E-state index in [0.29, 0.717) is 0 Å². The molecule has 0 aliphatic carbocycles. The molecule has 0 saturated carbocycles. The Hall–Kier alpha value is -0.0800. The minimum atomic E-state index is 0.237. The molecule has 0 aromatic heterocycles. The van der Waals surface area contributed by atoms with Gasteiger partial charge in [0.15, 0.2) is 0 Å². The molecular weight excluding hydrogens is 332 g/mol. The Morgan fingerprint density at radius 3 is 1.48 bits per heavy atom. The molecule has 0 fully saturated rings. The zero-order chi connectivity index (χ0) is 20.0. The van der Waals surface area contributed by atoms with Crippen LogP contribution in [0, 0.1) is 0 Å². The van der Waals surface area contributed by atoms with Crippen LogP contribution in [0.3, 0.4) is 0 Å². The van der Waals surface area contributed by atoms with E-state index >= 15 is 0 Å². The van der Waals surface area contributed by atoms with Crippen molar-refractivity contribution in [1.29, 1.82) is 0 Å². The first-order valence-corrected chi connectivity index (χ1v) is 12.5. The lowest BCUT2D eigenvalue weighted by atomic mass is 10.0. The lowest BCUT2D eigenvalue weighted by Gasteiger charge is -2.25. The van der Waals surface area contributed by atoms with E-state index in [9.17, 15) is 0 Å². The van der Waals surface area contributed by atoms with Gasteiger partial charge in [-0.05, 0) is 26.2 Å². The molecule has 0 amide bonds. The maximum Gasteiger partial charge on any atom is 0.0833 e. The SMILES string of the molecule is CCCCCCCCCCOC(C)C(CCCCCCCCC)OCCC. The second kappa shape index (κ2) is 22.2. The van der Waals surface area contributed by atoms with Gasteiger partial charge in [0.2, 0.25) is 0 Å². The third-order valence-electron chi connectivity index (χ3n) is 5.53. The van der Waals surface area contributed by atoms with Crippen LogP contribution in [-0.4, -0.2) is 25.4 Å². The number of hydrogen-bond acceptors (Lipinski definition) is 2. The first-order valence-electron chi connectivity index (χ1n) is 12.5. The Morgan fingerprint density at radius 1 is 0.481 bits per heavy atom. The van der Waals surface area contributed by atoms with Gasteiger partial charge in [0.05, 0.1) is 12.2 Å². The van der Waals surface area contributed by atoms with Crippen LogP contribution in [0.2, 0.25) is 0 Å². The maximum atomic E-state index is 6.13. The lowest BCUT2D eigenvalue weighted by Crippen LogP contribution is -2.30. The van der Waals surface area contributed by atoms with Crippen molar-refractivity contribution < 1.29 is 9.47 Å². The molecule has 0 spiro atoms. The summed E-state index contributed by atoms with van der Waals surface area (Å²) in [6.07, 6.45) is 23.2. The highest BCUT2D eigenvalue weighted by molar-refractivity contribution is 4.67. The minimum absolute atomic E-state index is 0.237. The molecule has 0 aliphatic heterocycles. The Bertz CT molecular complexity index is 267. The number of hydrogen-bond donors (Lipinski definition) is 0. The fourth-order valence-electron chi connectivity index (χ4n) is 3.64. The third kappa shape index (κ3) is 19.0. The van der Waals surface area contributed by atoms with Crippen molar-refractivity contribution in [3.63, 3.8) is 0 Å². The van der Waals surface area contributed by atoms with Crippen LogP contribution in [-0.2, 0) is 9.47 Å². The van der Waals surface area contributed by atoms with Crippen molar-refractivity contribution in [2.75, 3.05) is 13.2 Å². The van der Waals surface area contributed by atoms with Crippen molar-refractivity contribution >= 4 is 0 Å². The molecule has 0 aromatic carbocycles. The molecule has 0 rings (SSSR count). The van der Waals surface area contributed by atoms with Gasteiger partial charge in [-0.2, -0.15) is 0 Å². The van der Waals surface area contributed by atoms with E-state index in [-0.39, 0.29) is 12.2 Å². The van der Waals surface area contributed by atoms with Gasteiger partial charge in [-0.1, -0.05) is 111 Å². The first-order chi connectivity index (χ1) is 13.3. The van der Waals surface area contributed by atoms with Gasteiger partial charge in [0, 0.05) is 13.2 Å². The summed E-state index contributed by atoms with van der Waals surface area (Å²) in [7, 11) is 0. The van der Waals surface area contributed by atoms with Crippen LogP contribution in [0.4, 0.5) is 0 Å². The Morgan fingerprint density at radius 2 is 0.963 bits per heavy atom. The number of ether oxygens (including phenoxy) is 2. The maximum absolute atomic E-state index is 6.13. The number of rotatable bonds is 22. The zero-order valence-electron chi connectivity index (χ0n) is 19.4. The lowest BCUT2D eigenvalue weighted by molar-refractivity contribution is -0.0696. The molecule has 0 N–H and O–H groups in total. The molecule has 27 heavy (non-hydrogen) atoms. The average molecular weight is 385 g/mol. The topological polar surface area (TPSA) is 18.5 Å². The highest BCUT2D eigenvalue weighted by Gasteiger charge is 2.17. The molecule has 0 radical (unpaired) electrons. The van der Waals surface area contributed by atoms with Crippen LogP contribution in [0.25, 0.3) is 0 Å². The van der Waals surface area contributed by atoms with Crippen molar-refractivity contribution in [3.05, 3.63) is 0 Å². The minimum Gasteiger partial charge on any atom is -0.376 e. The van der Waals surface area contributed by atoms with Gasteiger partial charge in [0.25, 0.3) is 0 Å². The Kier molecular flexibility index (Phi) is 22.1. The largest absolute Gasteiger partial charge is 0.376 e. The van der Waals surface area contributed by atoms with Crippen molar-refractivity contribution in [1.82, 2.24) is 0 Å². The van der Waals surface area contributed by atoms with E-state index in [1.165, 1.54) is 96.3 Å². The van der Waals surface area contributed by atoms with Crippen molar-refractivity contribution in [3.8, 4) is 0 Å². The fourth-order valence-corrected chi connectivity index (χ4v) is 3.64. The molecule has 2 heteroatoms. The normalized spacial score (nSPS) is 13.8. The monoisotopic (exact) mass is 384 g/mol. The van der Waals surface area contributed by atoms with Crippen molar-refractivity contribution in [2.45, 2.75) is 149 Å². The summed E-state index contributed by atoms with van der Waals surface area (Å²) in [5, 5.41) is 0. The van der Waals surface area contributed by atoms with Crippen LogP contribution in [0.15, 0.2) is 0 Å². The molecule has 2 atom stereocenters. The highest BCUT2D eigenvalue weighted by atomic mass is 16.5. The smallest absolute Gasteiger partial charge is 0.0833 e. The van der Waals surface area contributed by atoms with E-state index in [2.05, 4.69) is 27.7 Å². The molecule has 0 aromatic rings. The fraction of sp³-hybridized carbons (Fsp3) is 1.00. The van der Waals surface area contributed by atoms with Crippen LogP contribution in [0.1, 0.15) is 137 Å². The van der Waals surface area contributed by atoms with E-state index in [4.69, 9.17) is 9.47 Å². The van der Waals surface area contributed by atoms with Crippen LogP contribution in [0.5, 0.6) is 0 Å². The van der Waals surface area contributed by atoms with Crippen molar-refractivity contribution in [2.24, 2.45) is 0 Å². The summed E-state index contributed by atoms with van der Waals surface area (Å²) in [4.78, 5) is 0. The van der Waals surface area contributed by atoms with E-state index in [1.54, 1.807) is 0 Å². The molecule has 0 heterocycles. The second-order valence-electron chi connectivity index (χ2n) is 8.37. The first kappa shape index (κ1) is 26.9. The van der Waals surface area contributed by atoms with Gasteiger partial charge in [-0.25, -0.2) is 0 Å². The molecule has 2 nitrogen and oxygen atoms in total. The van der Waals surface area contributed by atoms with Gasteiger partial charge < -0.3 is 9.47 Å². The molecular formula is C25H52O2. The zero-order valence-corrected chi connectivity index (χ0v) is 19.4. The van der Waals surface area contributed by atoms with E-state index in [1.807, 2.05) is 0 Å². The van der Waals surface area contributed by atoms with Gasteiger partial charge in [0.1, 0.15) is 0 Å². The molecule has 0 saturated heterocycles. The Balaban J connectivity index is 3.74. The van der Waals surface area contributed by atoms with E-state index < -0.39 is 0 Å². The molecule has 2 unspecified atom stereocenters. The standard InChI is InChI=1S/C25H52O2/c1-5-8-10-12-14-16-18-20-23-26-24(4)25(27-22-7-3)21-19-17-15-13-11-9-6-2/h24-25H,5-23H2,1-4H3. The van der Waals surface area contributed by atoms with Gasteiger partial charge in [-0.3, -0.25) is 0 Å². The highest BCUT2D eigenvalue weighted by Crippen LogP contribution is 2.16. The van der Waals surface area contributed by atoms with Gasteiger partial charge >= 0.3 is 0 Å².